The lowest BCUT2D eigenvalue weighted by Crippen LogP contribution is -2.14. The third-order valence-corrected chi connectivity index (χ3v) is 3.71. The molecule has 0 aliphatic heterocycles. The fourth-order valence-corrected chi connectivity index (χ4v) is 2.60. The first-order valence-corrected chi connectivity index (χ1v) is 5.51. The monoisotopic (exact) mass is 202 g/mol. The van der Waals surface area contributed by atoms with E-state index in [1.807, 2.05) is 6.07 Å². The maximum absolute atomic E-state index is 5.89. The van der Waals surface area contributed by atoms with E-state index < -0.39 is 0 Å². The summed E-state index contributed by atoms with van der Waals surface area (Å²) in [7, 11) is 0. The maximum Gasteiger partial charge on any atom is 0.0931 e. The van der Waals surface area contributed by atoms with Crippen LogP contribution in [0.5, 0.6) is 0 Å². The molecule has 0 atom stereocenters. The third kappa shape index (κ3) is 2.24. The van der Waals surface area contributed by atoms with Crippen LogP contribution in [0.3, 0.4) is 0 Å². The van der Waals surface area contributed by atoms with Crippen molar-refractivity contribution in [3.63, 3.8) is 0 Å². The Kier molecular flexibility index (Phi) is 3.19. The lowest BCUT2D eigenvalue weighted by atomic mass is 9.86. The Balaban J connectivity index is 2.81. The van der Waals surface area contributed by atoms with E-state index >= 15 is 0 Å². The van der Waals surface area contributed by atoms with E-state index in [0.29, 0.717) is 5.41 Å². The van der Waals surface area contributed by atoms with Gasteiger partial charge in [-0.1, -0.05) is 38.8 Å². The molecule has 2 heteroatoms. The molecule has 0 nitrogen and oxygen atoms in total. The molecule has 12 heavy (non-hydrogen) atoms. The van der Waals surface area contributed by atoms with Crippen LogP contribution in [0.2, 0.25) is 4.34 Å². The summed E-state index contributed by atoms with van der Waals surface area (Å²) in [4.78, 5) is 1.40. The van der Waals surface area contributed by atoms with Gasteiger partial charge in [-0.15, -0.1) is 11.3 Å². The minimum absolute atomic E-state index is 0.298. The molecule has 0 N–H and O–H groups in total. The van der Waals surface area contributed by atoms with Gasteiger partial charge < -0.3 is 0 Å². The molecule has 0 saturated heterocycles. The van der Waals surface area contributed by atoms with E-state index in [4.69, 9.17) is 11.6 Å². The Bertz CT molecular complexity index is 250. The van der Waals surface area contributed by atoms with Gasteiger partial charge in [0.25, 0.3) is 0 Å². The highest BCUT2D eigenvalue weighted by atomic mass is 35.5. The molecular formula is C10H15ClS. The summed E-state index contributed by atoms with van der Waals surface area (Å²) >= 11 is 7.59. The molecule has 0 radical (unpaired) electrons. The van der Waals surface area contributed by atoms with Crippen LogP contribution in [0.15, 0.2) is 12.1 Å². The van der Waals surface area contributed by atoms with Crippen molar-refractivity contribution in [3.05, 3.63) is 21.3 Å². The maximum atomic E-state index is 5.89. The van der Waals surface area contributed by atoms with Crippen molar-refractivity contribution >= 4 is 22.9 Å². The largest absolute Gasteiger partial charge is 0.128 e. The Morgan fingerprint density at radius 3 is 2.50 bits per heavy atom. The van der Waals surface area contributed by atoms with Crippen molar-refractivity contribution in [1.29, 1.82) is 0 Å². The van der Waals surface area contributed by atoms with E-state index in [2.05, 4.69) is 26.8 Å². The first-order chi connectivity index (χ1) is 5.56. The minimum Gasteiger partial charge on any atom is -0.128 e. The Hall–Kier alpha value is -0.0100. The molecule has 0 spiro atoms. The number of rotatable bonds is 3. The van der Waals surface area contributed by atoms with Gasteiger partial charge in [-0.3, -0.25) is 0 Å². The van der Waals surface area contributed by atoms with Crippen LogP contribution in [0.4, 0.5) is 0 Å². The summed E-state index contributed by atoms with van der Waals surface area (Å²) in [6.45, 7) is 6.77. The molecule has 0 unspecified atom stereocenters. The van der Waals surface area contributed by atoms with Crippen molar-refractivity contribution in [2.24, 2.45) is 0 Å². The fourth-order valence-electron chi connectivity index (χ4n) is 1.43. The van der Waals surface area contributed by atoms with Gasteiger partial charge in [0.2, 0.25) is 0 Å². The van der Waals surface area contributed by atoms with Crippen molar-refractivity contribution in [2.45, 2.75) is 39.0 Å². The van der Waals surface area contributed by atoms with Crippen LogP contribution in [-0.2, 0) is 5.41 Å². The van der Waals surface area contributed by atoms with Crippen LogP contribution in [0, 0.1) is 0 Å². The van der Waals surface area contributed by atoms with Crippen molar-refractivity contribution in [3.8, 4) is 0 Å². The average Bonchev–Trinajstić information content (AvgIpc) is 2.36. The molecule has 0 fully saturated rings. The van der Waals surface area contributed by atoms with Crippen molar-refractivity contribution in [2.75, 3.05) is 0 Å². The molecule has 1 aromatic rings. The summed E-state index contributed by atoms with van der Waals surface area (Å²) in [6.07, 6.45) is 2.45. The second-order valence-corrected chi connectivity index (χ2v) is 5.45. The second-order valence-electron chi connectivity index (χ2n) is 3.74. The average molecular weight is 203 g/mol. The van der Waals surface area contributed by atoms with Crippen LogP contribution in [0.1, 0.15) is 38.5 Å². The second kappa shape index (κ2) is 3.80. The van der Waals surface area contributed by atoms with Gasteiger partial charge in [-0.25, -0.2) is 0 Å². The topological polar surface area (TPSA) is 0 Å². The zero-order chi connectivity index (χ0) is 9.19. The van der Waals surface area contributed by atoms with Crippen LogP contribution in [0.25, 0.3) is 0 Å². The SMILES string of the molecule is CCCC(C)(C)c1ccc(Cl)s1. The number of hydrogen-bond donors (Lipinski definition) is 0. The van der Waals surface area contributed by atoms with Gasteiger partial charge >= 0.3 is 0 Å². The number of hydrogen-bond acceptors (Lipinski definition) is 1. The molecule has 1 rings (SSSR count). The van der Waals surface area contributed by atoms with Gasteiger partial charge in [-0.05, 0) is 24.0 Å². The molecule has 0 bridgehead atoms. The summed E-state index contributed by atoms with van der Waals surface area (Å²) in [6, 6.07) is 4.13. The molecule has 0 amide bonds. The molecule has 68 valence electrons. The third-order valence-electron chi connectivity index (χ3n) is 2.12. The molecule has 0 aliphatic rings. The summed E-state index contributed by atoms with van der Waals surface area (Å²) < 4.78 is 0.897. The Morgan fingerprint density at radius 1 is 1.42 bits per heavy atom. The first-order valence-electron chi connectivity index (χ1n) is 4.32. The Morgan fingerprint density at radius 2 is 2.08 bits per heavy atom. The zero-order valence-electron chi connectivity index (χ0n) is 7.86. The van der Waals surface area contributed by atoms with E-state index in [-0.39, 0.29) is 0 Å². The normalized spacial score (nSPS) is 12.0. The highest BCUT2D eigenvalue weighted by Crippen LogP contribution is 2.35. The standard InChI is InChI=1S/C10H15ClS/c1-4-7-10(2,3)8-5-6-9(11)12-8/h5-6H,4,7H2,1-3H3. The fraction of sp³-hybridized carbons (Fsp3) is 0.600. The molecule has 0 saturated carbocycles. The van der Waals surface area contributed by atoms with E-state index in [1.165, 1.54) is 17.7 Å². The zero-order valence-corrected chi connectivity index (χ0v) is 9.43. The lowest BCUT2D eigenvalue weighted by Gasteiger charge is -2.21. The van der Waals surface area contributed by atoms with Gasteiger partial charge in [0.1, 0.15) is 0 Å². The molecule has 1 aromatic heterocycles. The van der Waals surface area contributed by atoms with Crippen LogP contribution < -0.4 is 0 Å². The summed E-state index contributed by atoms with van der Waals surface area (Å²) in [5.41, 5.74) is 0.298. The van der Waals surface area contributed by atoms with Crippen LogP contribution >= 0.6 is 22.9 Å². The smallest absolute Gasteiger partial charge is 0.0931 e. The highest BCUT2D eigenvalue weighted by Gasteiger charge is 2.20. The minimum atomic E-state index is 0.298. The Labute approximate surface area is 83.6 Å². The van der Waals surface area contributed by atoms with E-state index in [9.17, 15) is 0 Å². The van der Waals surface area contributed by atoms with Gasteiger partial charge in [0.15, 0.2) is 0 Å². The van der Waals surface area contributed by atoms with Gasteiger partial charge in [0.05, 0.1) is 4.34 Å². The summed E-state index contributed by atoms with van der Waals surface area (Å²) in [5, 5.41) is 0. The quantitative estimate of drug-likeness (QED) is 0.678. The van der Waals surface area contributed by atoms with Crippen LogP contribution in [-0.4, -0.2) is 0 Å². The molecular weight excluding hydrogens is 188 g/mol. The number of thiophene rings is 1. The molecule has 0 aliphatic carbocycles. The van der Waals surface area contributed by atoms with Gasteiger partial charge in [-0.2, -0.15) is 0 Å². The predicted octanol–water partition coefficient (Wildman–Crippen LogP) is 4.48. The lowest BCUT2D eigenvalue weighted by molar-refractivity contribution is 0.482. The van der Waals surface area contributed by atoms with Gasteiger partial charge in [0, 0.05) is 4.88 Å². The van der Waals surface area contributed by atoms with E-state index in [0.717, 1.165) is 4.34 Å². The van der Waals surface area contributed by atoms with Crippen molar-refractivity contribution in [1.82, 2.24) is 0 Å². The molecule has 1 heterocycles. The van der Waals surface area contributed by atoms with Crippen molar-refractivity contribution < 1.29 is 0 Å². The predicted molar refractivity (Wildman–Crippen MR) is 57.3 cm³/mol. The summed E-state index contributed by atoms with van der Waals surface area (Å²) in [5.74, 6) is 0. The number of halogens is 1. The van der Waals surface area contributed by atoms with E-state index in [1.54, 1.807) is 11.3 Å². The molecule has 0 aromatic carbocycles. The first kappa shape index (κ1) is 10.1. The highest BCUT2D eigenvalue weighted by molar-refractivity contribution is 7.16.